The fraction of sp³-hybridized carbons (Fsp3) is 0.429. The molecule has 2 aliphatic rings. The molecular weight excluding hydrogens is 446 g/mol. The normalized spacial score (nSPS) is 19.3. The second-order valence-electron chi connectivity index (χ2n) is 7.79. The van der Waals surface area contributed by atoms with Crippen LogP contribution in [0.1, 0.15) is 52.7 Å². The van der Waals surface area contributed by atoms with Crippen molar-refractivity contribution >= 4 is 34.4 Å². The van der Waals surface area contributed by atoms with E-state index in [9.17, 15) is 0 Å². The van der Waals surface area contributed by atoms with Crippen LogP contribution >= 0.6 is 28.8 Å². The first-order valence-corrected chi connectivity index (χ1v) is 15.8. The van der Waals surface area contributed by atoms with E-state index < -0.39 is 20.8 Å². The molecule has 0 N–H and O–H groups in total. The average molecular weight is 473 g/mol. The van der Waals surface area contributed by atoms with Gasteiger partial charge in [0, 0.05) is 0 Å². The number of allylic oxidation sites excluding steroid dienone is 4. The Morgan fingerprint density at radius 1 is 1.08 bits per heavy atom. The predicted octanol–water partition coefficient (Wildman–Crippen LogP) is 7.73. The van der Waals surface area contributed by atoms with Gasteiger partial charge in [-0.1, -0.05) is 71.0 Å². The quantitative estimate of drug-likeness (QED) is 0.424. The molecule has 1 heterocycles. The SMILES string of the molecule is CC1=C(c2ccc(C(C)(C)C)cc2)C2=CC(C(C)C)=CC2S1.[Cl][Zr][Cl]. The Hall–Kier alpha value is 0.253. The van der Waals surface area contributed by atoms with Crippen molar-refractivity contribution < 1.29 is 20.8 Å². The predicted molar refractivity (Wildman–Crippen MR) is 112 cm³/mol. The van der Waals surface area contributed by atoms with Gasteiger partial charge in [-0.15, -0.1) is 11.8 Å². The number of thioether (sulfide) groups is 1. The van der Waals surface area contributed by atoms with Crippen LogP contribution in [0.2, 0.25) is 0 Å². The zero-order valence-corrected chi connectivity index (χ0v) is 20.6. The Labute approximate surface area is 175 Å². The van der Waals surface area contributed by atoms with Crippen molar-refractivity contribution in [1.29, 1.82) is 0 Å². The topological polar surface area (TPSA) is 0 Å². The summed E-state index contributed by atoms with van der Waals surface area (Å²) in [6.07, 6.45) is 4.87. The number of halogens is 2. The summed E-state index contributed by atoms with van der Waals surface area (Å²) in [5.74, 6) is 0.614. The maximum absolute atomic E-state index is 4.93. The first-order chi connectivity index (χ1) is 11.7. The van der Waals surface area contributed by atoms with E-state index >= 15 is 0 Å². The number of benzene rings is 1. The molecule has 1 unspecified atom stereocenters. The molecule has 1 aliphatic heterocycles. The van der Waals surface area contributed by atoms with Gasteiger partial charge in [0.2, 0.25) is 0 Å². The van der Waals surface area contributed by atoms with Crippen molar-refractivity contribution in [3.05, 3.63) is 63.6 Å². The fourth-order valence-electron chi connectivity index (χ4n) is 3.20. The molecule has 25 heavy (non-hydrogen) atoms. The molecule has 0 aromatic heterocycles. The summed E-state index contributed by atoms with van der Waals surface area (Å²) in [6, 6.07) is 9.19. The van der Waals surface area contributed by atoms with E-state index in [1.54, 1.807) is 0 Å². The van der Waals surface area contributed by atoms with Crippen molar-refractivity contribution in [3.8, 4) is 0 Å². The second kappa shape index (κ2) is 8.96. The van der Waals surface area contributed by atoms with Crippen LogP contribution < -0.4 is 0 Å². The van der Waals surface area contributed by atoms with Crippen molar-refractivity contribution in [2.45, 2.75) is 52.2 Å². The van der Waals surface area contributed by atoms with Crippen LogP contribution in [-0.4, -0.2) is 5.25 Å². The third-order valence-corrected chi connectivity index (χ3v) is 5.82. The van der Waals surface area contributed by atoms with Gasteiger partial charge in [-0.3, -0.25) is 0 Å². The zero-order chi connectivity index (χ0) is 18.8. The Balaban J connectivity index is 0.000000701. The van der Waals surface area contributed by atoms with Gasteiger partial charge in [-0.05, 0) is 51.0 Å². The molecule has 0 bridgehead atoms. The molecule has 0 saturated heterocycles. The van der Waals surface area contributed by atoms with Gasteiger partial charge in [-0.2, -0.15) is 0 Å². The van der Waals surface area contributed by atoms with Gasteiger partial charge < -0.3 is 0 Å². The van der Waals surface area contributed by atoms with Crippen LogP contribution in [0.4, 0.5) is 0 Å². The van der Waals surface area contributed by atoms with E-state index in [2.05, 4.69) is 78.0 Å². The average Bonchev–Trinajstić information content (AvgIpc) is 3.04. The van der Waals surface area contributed by atoms with Gasteiger partial charge in [-0.25, -0.2) is 0 Å². The maximum atomic E-state index is 4.93. The van der Waals surface area contributed by atoms with E-state index in [1.165, 1.54) is 32.8 Å². The Morgan fingerprint density at radius 2 is 1.64 bits per heavy atom. The molecule has 1 aromatic rings. The summed E-state index contributed by atoms with van der Waals surface area (Å²) in [7, 11) is 9.87. The van der Waals surface area contributed by atoms with Crippen molar-refractivity contribution in [1.82, 2.24) is 0 Å². The Kier molecular flexibility index (Phi) is 7.73. The third kappa shape index (κ3) is 5.16. The van der Waals surface area contributed by atoms with Crippen LogP contribution in [0, 0.1) is 5.92 Å². The summed E-state index contributed by atoms with van der Waals surface area (Å²) < 4.78 is 0. The van der Waals surface area contributed by atoms with Crippen LogP contribution in [-0.2, 0) is 26.3 Å². The van der Waals surface area contributed by atoms with Crippen LogP contribution in [0.15, 0.2) is 52.5 Å². The standard InChI is InChI=1S/C21H26S.2ClH.Zr/c1-13(2)16-11-18-19(12-16)22-14(3)20(18)15-7-9-17(10-8-15)21(4,5)6;;;/h7-13,19H,1-6H3;2*1H;/q;;;+2/p-2. The van der Waals surface area contributed by atoms with Crippen molar-refractivity contribution in [2.75, 3.05) is 0 Å². The van der Waals surface area contributed by atoms with E-state index in [0.717, 1.165) is 0 Å². The first kappa shape index (κ1) is 21.6. The molecule has 0 spiro atoms. The van der Waals surface area contributed by atoms with E-state index in [1.807, 2.05) is 11.8 Å². The van der Waals surface area contributed by atoms with Gasteiger partial charge in [0.05, 0.1) is 5.25 Å². The molecule has 0 saturated carbocycles. The molecule has 134 valence electrons. The molecule has 1 aliphatic carbocycles. The second-order valence-corrected chi connectivity index (χ2v) is 12.9. The van der Waals surface area contributed by atoms with Crippen LogP contribution in [0.25, 0.3) is 5.57 Å². The molecule has 1 atom stereocenters. The van der Waals surface area contributed by atoms with Gasteiger partial charge in [0.25, 0.3) is 0 Å². The molecule has 0 nitrogen and oxygen atoms in total. The number of fused-ring (bicyclic) bond motifs is 1. The van der Waals surface area contributed by atoms with E-state index in [0.29, 0.717) is 11.2 Å². The van der Waals surface area contributed by atoms with Crippen molar-refractivity contribution in [2.24, 2.45) is 5.92 Å². The summed E-state index contributed by atoms with van der Waals surface area (Å²) in [6.45, 7) is 13.6. The molecule has 4 heteroatoms. The summed E-state index contributed by atoms with van der Waals surface area (Å²) in [4.78, 5) is 1.46. The summed E-state index contributed by atoms with van der Waals surface area (Å²) >= 11 is 1.18. The van der Waals surface area contributed by atoms with Gasteiger partial charge in [0.1, 0.15) is 0 Å². The Bertz CT molecular complexity index is 706. The molecule has 1 aromatic carbocycles. The minimum absolute atomic E-state index is 0.216. The number of hydrogen-bond acceptors (Lipinski definition) is 1. The monoisotopic (exact) mass is 470 g/mol. The van der Waals surface area contributed by atoms with Gasteiger partial charge in [0.15, 0.2) is 0 Å². The van der Waals surface area contributed by atoms with E-state index in [4.69, 9.17) is 17.0 Å². The minimum atomic E-state index is -0.826. The number of hydrogen-bond donors (Lipinski definition) is 0. The fourth-order valence-corrected chi connectivity index (χ4v) is 4.48. The molecular formula is C21H26Cl2SZr. The molecule has 0 fully saturated rings. The number of rotatable bonds is 2. The summed E-state index contributed by atoms with van der Waals surface area (Å²) in [5.41, 5.74) is 7.44. The van der Waals surface area contributed by atoms with Crippen LogP contribution in [0.5, 0.6) is 0 Å². The molecule has 0 radical (unpaired) electrons. The van der Waals surface area contributed by atoms with Crippen LogP contribution in [0.3, 0.4) is 0 Å². The molecule has 3 rings (SSSR count). The van der Waals surface area contributed by atoms with E-state index in [-0.39, 0.29) is 5.41 Å². The molecule has 0 amide bonds. The Morgan fingerprint density at radius 3 is 2.12 bits per heavy atom. The summed E-state index contributed by atoms with van der Waals surface area (Å²) in [5, 5.41) is 0.537. The third-order valence-electron chi connectivity index (χ3n) is 4.62. The zero-order valence-electron chi connectivity index (χ0n) is 15.8. The first-order valence-electron chi connectivity index (χ1n) is 8.57. The van der Waals surface area contributed by atoms with Crippen molar-refractivity contribution in [3.63, 3.8) is 0 Å². The van der Waals surface area contributed by atoms with Gasteiger partial charge >= 0.3 is 37.9 Å².